The van der Waals surface area contributed by atoms with Crippen LogP contribution in [0.5, 0.6) is 0 Å². The molecule has 0 saturated heterocycles. The summed E-state index contributed by atoms with van der Waals surface area (Å²) in [5.74, 6) is 0.727. The number of ketones is 1. The van der Waals surface area contributed by atoms with Crippen LogP contribution in [0.4, 0.5) is 0 Å². The third-order valence-corrected chi connectivity index (χ3v) is 5.33. The van der Waals surface area contributed by atoms with Gasteiger partial charge in [-0.1, -0.05) is 41.0 Å². The normalized spacial score (nSPS) is 13.2. The Hall–Kier alpha value is -2.61. The van der Waals surface area contributed by atoms with Gasteiger partial charge in [0.15, 0.2) is 0 Å². The first-order chi connectivity index (χ1) is 13.4. The molecule has 3 aromatic rings. The Morgan fingerprint density at radius 3 is 2.61 bits per heavy atom. The van der Waals surface area contributed by atoms with E-state index in [1.54, 1.807) is 19.9 Å². The van der Waals surface area contributed by atoms with E-state index >= 15 is 0 Å². The molecule has 150 valence electrons. The zero-order valence-corrected chi connectivity index (χ0v) is 17.7. The summed E-state index contributed by atoms with van der Waals surface area (Å²) in [6.07, 6.45) is 9.93. The molecular formula is C23H32N4O. The van der Waals surface area contributed by atoms with Gasteiger partial charge in [0.2, 0.25) is 0 Å². The zero-order valence-electron chi connectivity index (χ0n) is 17.7. The lowest BCUT2D eigenvalue weighted by Gasteiger charge is -2.25. The number of carbonyl (C=O) groups is 1. The number of aromatic amines is 1. The van der Waals surface area contributed by atoms with Gasteiger partial charge in [-0.25, -0.2) is 4.98 Å². The van der Waals surface area contributed by atoms with Gasteiger partial charge in [-0.2, -0.15) is 5.26 Å². The molecule has 0 aliphatic heterocycles. The summed E-state index contributed by atoms with van der Waals surface area (Å²) < 4.78 is 2.47. The Morgan fingerprint density at radius 1 is 1.29 bits per heavy atom. The van der Waals surface area contributed by atoms with E-state index < -0.39 is 0 Å². The lowest BCUT2D eigenvalue weighted by atomic mass is 9.94. The van der Waals surface area contributed by atoms with Crippen molar-refractivity contribution in [2.24, 2.45) is 11.8 Å². The second kappa shape index (κ2) is 10.1. The zero-order chi connectivity index (χ0) is 20.7. The Labute approximate surface area is 167 Å². The van der Waals surface area contributed by atoms with Crippen LogP contribution >= 0.6 is 0 Å². The van der Waals surface area contributed by atoms with Crippen LogP contribution in [0.1, 0.15) is 66.3 Å². The minimum absolute atomic E-state index is 0.00894. The Balaban J connectivity index is 0.000000300. The summed E-state index contributed by atoms with van der Waals surface area (Å²) in [6.45, 7) is 10.5. The average molecular weight is 381 g/mol. The summed E-state index contributed by atoms with van der Waals surface area (Å²) in [6, 6.07) is 6.69. The van der Waals surface area contributed by atoms with Crippen LogP contribution < -0.4 is 0 Å². The van der Waals surface area contributed by atoms with E-state index in [1.165, 1.54) is 35.6 Å². The van der Waals surface area contributed by atoms with Crippen LogP contribution in [0.2, 0.25) is 0 Å². The molecule has 28 heavy (non-hydrogen) atoms. The van der Waals surface area contributed by atoms with Crippen molar-refractivity contribution in [1.82, 2.24) is 14.5 Å². The number of fused-ring (bicyclic) bond motifs is 3. The molecule has 0 aliphatic carbocycles. The number of rotatable bonds is 7. The molecule has 1 N–H and O–H groups in total. The van der Waals surface area contributed by atoms with Crippen LogP contribution in [0.25, 0.3) is 21.9 Å². The molecule has 0 fully saturated rings. The number of pyridine rings is 1. The number of aromatic nitrogens is 3. The summed E-state index contributed by atoms with van der Waals surface area (Å²) in [5, 5.41) is 10.5. The predicted molar refractivity (Wildman–Crippen MR) is 115 cm³/mol. The van der Waals surface area contributed by atoms with Crippen LogP contribution in [0, 0.1) is 23.2 Å². The lowest BCUT2D eigenvalue weighted by molar-refractivity contribution is -0.120. The molecule has 3 rings (SSSR count). The average Bonchev–Trinajstić information content (AvgIpc) is 3.29. The maximum atomic E-state index is 10.5. The van der Waals surface area contributed by atoms with Gasteiger partial charge < -0.3 is 9.55 Å². The Morgan fingerprint density at radius 2 is 2.04 bits per heavy atom. The van der Waals surface area contributed by atoms with Crippen LogP contribution in [-0.4, -0.2) is 20.3 Å². The monoisotopic (exact) mass is 380 g/mol. The fourth-order valence-electron chi connectivity index (χ4n) is 3.73. The summed E-state index contributed by atoms with van der Waals surface area (Å²) in [7, 11) is 0. The minimum Gasteiger partial charge on any atom is -0.346 e. The van der Waals surface area contributed by atoms with Crippen molar-refractivity contribution < 1.29 is 4.79 Å². The molecule has 0 aromatic carbocycles. The molecule has 0 aliphatic rings. The molecule has 3 heterocycles. The highest BCUT2D eigenvalue weighted by Gasteiger charge is 2.19. The molecule has 3 aromatic heterocycles. The highest BCUT2D eigenvalue weighted by atomic mass is 16.1. The second-order valence-electron chi connectivity index (χ2n) is 7.72. The van der Waals surface area contributed by atoms with E-state index in [0.29, 0.717) is 12.0 Å². The molecular weight excluding hydrogens is 348 g/mol. The number of carbonyl (C=O) groups excluding carboxylic acids is 1. The number of Topliss-reactive ketones (excluding diaryl/α,β-unsaturated/α-hetero) is 1. The maximum absolute atomic E-state index is 10.5. The Kier molecular flexibility index (Phi) is 7.80. The first-order valence-electron chi connectivity index (χ1n) is 10.3. The van der Waals surface area contributed by atoms with E-state index in [4.69, 9.17) is 5.26 Å². The van der Waals surface area contributed by atoms with E-state index in [1.807, 2.05) is 12.4 Å². The quantitative estimate of drug-likeness (QED) is 0.544. The van der Waals surface area contributed by atoms with Gasteiger partial charge in [0.05, 0.1) is 18.0 Å². The molecule has 2 unspecified atom stereocenters. The smallest absolute Gasteiger partial charge is 0.149 e. The number of H-pyrrole nitrogens is 1. The molecule has 5 nitrogen and oxygen atoms in total. The highest BCUT2D eigenvalue weighted by molar-refractivity contribution is 6.02. The number of nitrogens with zero attached hydrogens (tertiary/aromatic N) is 3. The van der Waals surface area contributed by atoms with Crippen LogP contribution in [0.15, 0.2) is 30.7 Å². The SMILES string of the molecule is CC(C)C(=O)CC#N.CCCC(C)C(CC)n1ccc2cnc3[nH]ccc3c21. The second-order valence-corrected chi connectivity index (χ2v) is 7.72. The Bertz CT molecular complexity index is 944. The summed E-state index contributed by atoms with van der Waals surface area (Å²) in [5.41, 5.74) is 2.31. The summed E-state index contributed by atoms with van der Waals surface area (Å²) >= 11 is 0. The van der Waals surface area contributed by atoms with Crippen molar-refractivity contribution in [3.63, 3.8) is 0 Å². The van der Waals surface area contributed by atoms with Crippen molar-refractivity contribution in [2.45, 2.75) is 66.3 Å². The standard InChI is InChI=1S/C17H23N3.C6H9NO/c1-4-6-12(3)15(5-2)20-10-8-13-11-19-17-14(16(13)20)7-9-18-17;1-5(2)6(8)3-4-7/h7-12,15H,4-6H2,1-3H3,(H,18,19);5H,3H2,1-2H3. The number of nitrogens with one attached hydrogen (secondary N) is 1. The van der Waals surface area contributed by atoms with Gasteiger partial charge in [-0.3, -0.25) is 4.79 Å². The largest absolute Gasteiger partial charge is 0.346 e. The van der Waals surface area contributed by atoms with E-state index in [0.717, 1.165) is 5.65 Å². The molecule has 0 spiro atoms. The molecule has 0 amide bonds. The third-order valence-electron chi connectivity index (χ3n) is 5.33. The van der Waals surface area contributed by atoms with Gasteiger partial charge in [0.25, 0.3) is 0 Å². The van der Waals surface area contributed by atoms with Gasteiger partial charge in [-0.05, 0) is 30.9 Å². The minimum atomic E-state index is 0.00894. The van der Waals surface area contributed by atoms with Crippen molar-refractivity contribution in [2.75, 3.05) is 0 Å². The van der Waals surface area contributed by atoms with Crippen molar-refractivity contribution in [3.8, 4) is 6.07 Å². The molecule has 0 bridgehead atoms. The summed E-state index contributed by atoms with van der Waals surface area (Å²) in [4.78, 5) is 18.2. The van der Waals surface area contributed by atoms with Crippen molar-refractivity contribution >= 4 is 27.7 Å². The van der Waals surface area contributed by atoms with E-state index in [9.17, 15) is 4.79 Å². The highest BCUT2D eigenvalue weighted by Crippen LogP contribution is 2.32. The number of hydrogen-bond acceptors (Lipinski definition) is 3. The van der Waals surface area contributed by atoms with Crippen LogP contribution in [0.3, 0.4) is 0 Å². The third kappa shape index (κ3) is 4.81. The number of nitriles is 1. The van der Waals surface area contributed by atoms with Gasteiger partial charge >= 0.3 is 0 Å². The molecule has 0 radical (unpaired) electrons. The first kappa shape index (κ1) is 21.7. The first-order valence-corrected chi connectivity index (χ1v) is 10.3. The maximum Gasteiger partial charge on any atom is 0.149 e. The fourth-order valence-corrected chi connectivity index (χ4v) is 3.73. The van der Waals surface area contributed by atoms with Crippen molar-refractivity contribution in [3.05, 3.63) is 30.7 Å². The molecule has 0 saturated carbocycles. The number of hydrogen-bond donors (Lipinski definition) is 1. The van der Waals surface area contributed by atoms with E-state index in [2.05, 4.69) is 53.6 Å². The van der Waals surface area contributed by atoms with Crippen molar-refractivity contribution in [1.29, 1.82) is 5.26 Å². The lowest BCUT2D eigenvalue weighted by Crippen LogP contribution is -2.15. The van der Waals surface area contributed by atoms with Gasteiger partial charge in [0, 0.05) is 41.3 Å². The van der Waals surface area contributed by atoms with E-state index in [-0.39, 0.29) is 18.1 Å². The topological polar surface area (TPSA) is 74.5 Å². The van der Waals surface area contributed by atoms with Gasteiger partial charge in [0.1, 0.15) is 11.4 Å². The predicted octanol–water partition coefficient (Wildman–Crippen LogP) is 6.03. The van der Waals surface area contributed by atoms with Gasteiger partial charge in [-0.15, -0.1) is 0 Å². The molecule has 5 heteroatoms. The van der Waals surface area contributed by atoms with Crippen LogP contribution in [-0.2, 0) is 4.79 Å². The fraction of sp³-hybridized carbons (Fsp3) is 0.522. The molecule has 2 atom stereocenters.